The number of rotatable bonds is 5. The smallest absolute Gasteiger partial charge is 0.146 e. The lowest BCUT2D eigenvalue weighted by atomic mass is 10.2. The van der Waals surface area contributed by atoms with Crippen molar-refractivity contribution in [3.05, 3.63) is 22.8 Å². The van der Waals surface area contributed by atoms with Crippen molar-refractivity contribution < 1.29 is 0 Å². The van der Waals surface area contributed by atoms with E-state index in [-0.39, 0.29) is 0 Å². The first-order chi connectivity index (χ1) is 7.81. The number of hydrogen-bond acceptors (Lipinski definition) is 3. The molecule has 0 bridgehead atoms. The Kier molecular flexibility index (Phi) is 3.63. The lowest BCUT2D eigenvalue weighted by molar-refractivity contribution is 0.686. The zero-order valence-corrected chi connectivity index (χ0v) is 9.80. The van der Waals surface area contributed by atoms with E-state index in [0.717, 1.165) is 18.9 Å². The molecule has 1 N–H and O–H groups in total. The van der Waals surface area contributed by atoms with Gasteiger partial charge in [0.15, 0.2) is 0 Å². The number of nitrogens with zero attached hydrogens (tertiary/aromatic N) is 2. The van der Waals surface area contributed by atoms with Crippen LogP contribution < -0.4 is 5.32 Å². The van der Waals surface area contributed by atoms with E-state index in [1.54, 1.807) is 12.3 Å². The molecule has 4 heteroatoms. The Morgan fingerprint density at radius 3 is 3.06 bits per heavy atom. The molecular formula is C12H14ClN3. The van der Waals surface area contributed by atoms with E-state index < -0.39 is 0 Å². The second-order valence-electron chi connectivity index (χ2n) is 4.15. The summed E-state index contributed by atoms with van der Waals surface area (Å²) in [5.41, 5.74) is 0.473. The Morgan fingerprint density at radius 1 is 1.56 bits per heavy atom. The van der Waals surface area contributed by atoms with E-state index >= 15 is 0 Å². The summed E-state index contributed by atoms with van der Waals surface area (Å²) >= 11 is 6.02. The number of aromatic nitrogens is 1. The Labute approximate surface area is 100 Å². The van der Waals surface area contributed by atoms with Crippen molar-refractivity contribution in [1.29, 1.82) is 5.26 Å². The molecule has 1 aromatic rings. The van der Waals surface area contributed by atoms with Crippen LogP contribution in [-0.2, 0) is 0 Å². The minimum Gasteiger partial charge on any atom is -0.369 e. The fraction of sp³-hybridized carbons (Fsp3) is 0.500. The van der Waals surface area contributed by atoms with Crippen LogP contribution in [0.4, 0.5) is 5.82 Å². The lowest BCUT2D eigenvalue weighted by Gasteiger charge is -2.07. The maximum Gasteiger partial charge on any atom is 0.146 e. The monoisotopic (exact) mass is 235 g/mol. The van der Waals surface area contributed by atoms with Gasteiger partial charge in [0, 0.05) is 12.7 Å². The molecule has 1 aliphatic rings. The fourth-order valence-electron chi connectivity index (χ4n) is 1.66. The van der Waals surface area contributed by atoms with Crippen LogP contribution in [0.25, 0.3) is 0 Å². The molecular weight excluding hydrogens is 222 g/mol. The van der Waals surface area contributed by atoms with Gasteiger partial charge in [0.1, 0.15) is 16.9 Å². The summed E-state index contributed by atoms with van der Waals surface area (Å²) in [5.74, 6) is 1.58. The highest BCUT2D eigenvalue weighted by Crippen LogP contribution is 2.33. The van der Waals surface area contributed by atoms with Gasteiger partial charge in [-0.3, -0.25) is 0 Å². The number of pyridine rings is 1. The average molecular weight is 236 g/mol. The lowest BCUT2D eigenvalue weighted by Crippen LogP contribution is -2.04. The molecule has 0 unspecified atom stereocenters. The molecule has 84 valence electrons. The predicted molar refractivity (Wildman–Crippen MR) is 64.4 cm³/mol. The van der Waals surface area contributed by atoms with Crippen molar-refractivity contribution in [2.75, 3.05) is 11.9 Å². The quantitative estimate of drug-likeness (QED) is 0.798. The zero-order chi connectivity index (χ0) is 11.4. The highest BCUT2D eigenvalue weighted by atomic mass is 35.5. The molecule has 0 aromatic carbocycles. The third-order valence-corrected chi connectivity index (χ3v) is 3.17. The molecule has 0 amide bonds. The maximum absolute atomic E-state index is 8.81. The number of anilines is 1. The summed E-state index contributed by atoms with van der Waals surface area (Å²) in [7, 11) is 0. The molecule has 3 nitrogen and oxygen atoms in total. The normalized spacial score (nSPS) is 14.5. The number of hydrogen-bond donors (Lipinski definition) is 1. The molecule has 1 aromatic heterocycles. The highest BCUT2D eigenvalue weighted by molar-refractivity contribution is 6.34. The van der Waals surface area contributed by atoms with Crippen LogP contribution >= 0.6 is 11.6 Å². The molecule has 0 spiro atoms. The predicted octanol–water partition coefficient (Wildman–Crippen LogP) is 3.21. The molecule has 0 radical (unpaired) electrons. The standard InChI is InChI=1S/C12H14ClN3/c13-11-10(8-14)5-7-16-12(11)15-6-1-2-9-3-4-9/h5,7,9H,1-4,6H2,(H,15,16). The zero-order valence-electron chi connectivity index (χ0n) is 9.04. The van der Waals surface area contributed by atoms with Crippen molar-refractivity contribution >= 4 is 17.4 Å². The molecule has 0 aliphatic heterocycles. The van der Waals surface area contributed by atoms with E-state index in [0.29, 0.717) is 16.4 Å². The molecule has 0 saturated heterocycles. The van der Waals surface area contributed by atoms with E-state index in [9.17, 15) is 0 Å². The molecule has 1 saturated carbocycles. The van der Waals surface area contributed by atoms with Crippen LogP contribution in [0, 0.1) is 17.2 Å². The molecule has 0 atom stereocenters. The third kappa shape index (κ3) is 2.86. The minimum absolute atomic E-state index is 0.427. The van der Waals surface area contributed by atoms with E-state index in [1.165, 1.54) is 19.3 Å². The van der Waals surface area contributed by atoms with Crippen LogP contribution in [0.3, 0.4) is 0 Å². The van der Waals surface area contributed by atoms with Crippen molar-refractivity contribution in [3.8, 4) is 6.07 Å². The van der Waals surface area contributed by atoms with Gasteiger partial charge in [-0.25, -0.2) is 4.98 Å². The van der Waals surface area contributed by atoms with Crippen molar-refractivity contribution in [2.45, 2.75) is 25.7 Å². The molecule has 16 heavy (non-hydrogen) atoms. The van der Waals surface area contributed by atoms with E-state index in [4.69, 9.17) is 16.9 Å². The first kappa shape index (κ1) is 11.2. The largest absolute Gasteiger partial charge is 0.369 e. The minimum atomic E-state index is 0.427. The van der Waals surface area contributed by atoms with Gasteiger partial charge >= 0.3 is 0 Å². The Bertz CT molecular complexity index is 407. The molecule has 1 heterocycles. The first-order valence-corrected chi connectivity index (χ1v) is 5.97. The fourth-order valence-corrected chi connectivity index (χ4v) is 1.88. The SMILES string of the molecule is N#Cc1ccnc(NCCCC2CC2)c1Cl. The Balaban J connectivity index is 1.85. The van der Waals surface area contributed by atoms with Gasteiger partial charge < -0.3 is 5.32 Å². The van der Waals surface area contributed by atoms with Gasteiger partial charge in [-0.05, 0) is 24.8 Å². The summed E-state index contributed by atoms with van der Waals surface area (Å²) < 4.78 is 0. The molecule has 2 rings (SSSR count). The van der Waals surface area contributed by atoms with E-state index in [1.807, 2.05) is 6.07 Å². The number of nitriles is 1. The second kappa shape index (κ2) is 5.18. The van der Waals surface area contributed by atoms with Crippen LogP contribution in [0.1, 0.15) is 31.2 Å². The number of halogens is 1. The van der Waals surface area contributed by atoms with Crippen LogP contribution in [0.15, 0.2) is 12.3 Å². The van der Waals surface area contributed by atoms with Crippen molar-refractivity contribution in [3.63, 3.8) is 0 Å². The summed E-state index contributed by atoms with van der Waals surface area (Å²) in [5, 5.41) is 12.4. The van der Waals surface area contributed by atoms with Gasteiger partial charge in [-0.15, -0.1) is 0 Å². The van der Waals surface area contributed by atoms with Gasteiger partial charge in [0.2, 0.25) is 0 Å². The van der Waals surface area contributed by atoms with Crippen LogP contribution in [0.2, 0.25) is 5.02 Å². The number of nitrogens with one attached hydrogen (secondary N) is 1. The van der Waals surface area contributed by atoms with Gasteiger partial charge in [0.05, 0.1) is 5.56 Å². The second-order valence-corrected chi connectivity index (χ2v) is 4.52. The van der Waals surface area contributed by atoms with Crippen molar-refractivity contribution in [1.82, 2.24) is 4.98 Å². The van der Waals surface area contributed by atoms with Gasteiger partial charge in [-0.2, -0.15) is 5.26 Å². The van der Waals surface area contributed by atoms with Gasteiger partial charge in [0.25, 0.3) is 0 Å². The summed E-state index contributed by atoms with van der Waals surface area (Å²) in [4.78, 5) is 4.13. The average Bonchev–Trinajstić information content (AvgIpc) is 3.10. The van der Waals surface area contributed by atoms with Crippen LogP contribution in [-0.4, -0.2) is 11.5 Å². The molecule has 1 fully saturated rings. The first-order valence-electron chi connectivity index (χ1n) is 5.59. The van der Waals surface area contributed by atoms with Crippen LogP contribution in [0.5, 0.6) is 0 Å². The topological polar surface area (TPSA) is 48.7 Å². The van der Waals surface area contributed by atoms with E-state index in [2.05, 4.69) is 10.3 Å². The third-order valence-electron chi connectivity index (χ3n) is 2.79. The Hall–Kier alpha value is -1.27. The summed E-state index contributed by atoms with van der Waals surface area (Å²) in [6, 6.07) is 3.67. The van der Waals surface area contributed by atoms with Gasteiger partial charge in [-0.1, -0.05) is 24.4 Å². The highest BCUT2D eigenvalue weighted by Gasteiger charge is 2.20. The molecule has 1 aliphatic carbocycles. The summed E-state index contributed by atoms with van der Waals surface area (Å²) in [6.07, 6.45) is 6.81. The Morgan fingerprint density at radius 2 is 2.38 bits per heavy atom. The summed E-state index contributed by atoms with van der Waals surface area (Å²) in [6.45, 7) is 0.873. The van der Waals surface area contributed by atoms with Crippen molar-refractivity contribution in [2.24, 2.45) is 5.92 Å². The maximum atomic E-state index is 8.81.